The molecule has 2 rings (SSSR count). The van der Waals surface area contributed by atoms with E-state index >= 15 is 0 Å². The van der Waals surface area contributed by atoms with Crippen LogP contribution in [-0.4, -0.2) is 30.9 Å². The molecular weight excluding hydrogens is 230 g/mol. The van der Waals surface area contributed by atoms with Crippen molar-refractivity contribution in [3.05, 3.63) is 29.3 Å². The van der Waals surface area contributed by atoms with Gasteiger partial charge in [0.1, 0.15) is 5.75 Å². The second-order valence-electron chi connectivity index (χ2n) is 4.61. The third kappa shape index (κ3) is 1.88. The van der Waals surface area contributed by atoms with Gasteiger partial charge in [-0.1, -0.05) is 6.07 Å². The van der Waals surface area contributed by atoms with E-state index in [1.165, 1.54) is 7.11 Å². The minimum Gasteiger partial charge on any atom is -0.507 e. The number of esters is 1. The van der Waals surface area contributed by atoms with Crippen LogP contribution in [0.1, 0.15) is 30.9 Å². The maximum Gasteiger partial charge on any atom is 0.316 e. The fourth-order valence-electron chi connectivity index (χ4n) is 2.17. The van der Waals surface area contributed by atoms with Crippen molar-refractivity contribution in [3.63, 3.8) is 0 Å². The van der Waals surface area contributed by atoms with Crippen LogP contribution in [0.2, 0.25) is 0 Å². The maximum atomic E-state index is 11.8. The van der Waals surface area contributed by atoms with Crippen LogP contribution in [0.5, 0.6) is 5.75 Å². The van der Waals surface area contributed by atoms with Gasteiger partial charge in [-0.3, -0.25) is 9.79 Å². The molecule has 0 amide bonds. The molecule has 0 atom stereocenters. The summed E-state index contributed by atoms with van der Waals surface area (Å²) < 4.78 is 4.86. The number of rotatable bonds is 3. The molecule has 96 valence electrons. The fourth-order valence-corrected chi connectivity index (χ4v) is 2.17. The third-order valence-corrected chi connectivity index (χ3v) is 3.60. The molecule has 1 aromatic rings. The molecule has 4 nitrogen and oxygen atoms in total. The number of carbonyl (C=O) groups is 1. The number of methoxy groups -OCH3 is 1. The molecular formula is C14H17NO3. The van der Waals surface area contributed by atoms with Gasteiger partial charge < -0.3 is 9.84 Å². The Labute approximate surface area is 106 Å². The summed E-state index contributed by atoms with van der Waals surface area (Å²) in [6, 6.07) is 5.23. The minimum absolute atomic E-state index is 0.183. The SMILES string of the molecule is CN=C(C)c1cc(C2(C(=O)OC)CC2)ccc1O. The lowest BCUT2D eigenvalue weighted by Crippen LogP contribution is -2.22. The van der Waals surface area contributed by atoms with Crippen LogP contribution in [0.25, 0.3) is 0 Å². The lowest BCUT2D eigenvalue weighted by Gasteiger charge is -2.15. The number of hydrogen-bond acceptors (Lipinski definition) is 4. The summed E-state index contributed by atoms with van der Waals surface area (Å²) in [7, 11) is 3.08. The van der Waals surface area contributed by atoms with Gasteiger partial charge >= 0.3 is 5.97 Å². The first kappa shape index (κ1) is 12.6. The van der Waals surface area contributed by atoms with Crippen molar-refractivity contribution in [2.24, 2.45) is 4.99 Å². The molecule has 1 N–H and O–H groups in total. The number of aliphatic imine (C=N–C) groups is 1. The normalized spacial score (nSPS) is 17.4. The Balaban J connectivity index is 2.45. The predicted octanol–water partition coefficient (Wildman–Crippen LogP) is 2.04. The fraction of sp³-hybridized carbons (Fsp3) is 0.429. The van der Waals surface area contributed by atoms with Crippen LogP contribution in [0.4, 0.5) is 0 Å². The van der Waals surface area contributed by atoms with E-state index in [0.29, 0.717) is 5.56 Å². The summed E-state index contributed by atoms with van der Waals surface area (Å²) >= 11 is 0. The summed E-state index contributed by atoms with van der Waals surface area (Å²) in [6.07, 6.45) is 1.60. The predicted molar refractivity (Wildman–Crippen MR) is 69.2 cm³/mol. The molecule has 0 unspecified atom stereocenters. The van der Waals surface area contributed by atoms with Gasteiger partial charge in [0.15, 0.2) is 0 Å². The van der Waals surface area contributed by atoms with E-state index in [9.17, 15) is 9.90 Å². The average Bonchev–Trinajstić information content (AvgIpc) is 3.19. The monoisotopic (exact) mass is 247 g/mol. The third-order valence-electron chi connectivity index (χ3n) is 3.60. The molecule has 0 heterocycles. The Morgan fingerprint density at radius 1 is 1.44 bits per heavy atom. The van der Waals surface area contributed by atoms with Crippen LogP contribution < -0.4 is 0 Å². The number of aromatic hydroxyl groups is 1. The number of nitrogens with zero attached hydrogens (tertiary/aromatic N) is 1. The molecule has 0 aliphatic heterocycles. The largest absolute Gasteiger partial charge is 0.507 e. The second-order valence-corrected chi connectivity index (χ2v) is 4.61. The van der Waals surface area contributed by atoms with E-state index < -0.39 is 5.41 Å². The number of hydrogen-bond donors (Lipinski definition) is 1. The number of phenols is 1. The first-order valence-electron chi connectivity index (χ1n) is 5.91. The van der Waals surface area contributed by atoms with Crippen LogP contribution in [-0.2, 0) is 14.9 Å². The van der Waals surface area contributed by atoms with Crippen molar-refractivity contribution in [1.82, 2.24) is 0 Å². The van der Waals surface area contributed by atoms with E-state index in [2.05, 4.69) is 4.99 Å². The van der Waals surface area contributed by atoms with Crippen LogP contribution in [0.3, 0.4) is 0 Å². The van der Waals surface area contributed by atoms with E-state index in [-0.39, 0.29) is 11.7 Å². The molecule has 0 saturated heterocycles. The zero-order chi connectivity index (χ0) is 13.3. The molecule has 4 heteroatoms. The first-order chi connectivity index (χ1) is 8.55. The Bertz CT molecular complexity index is 516. The molecule has 18 heavy (non-hydrogen) atoms. The molecule has 0 aromatic heterocycles. The molecule has 1 aromatic carbocycles. The van der Waals surface area contributed by atoms with Gasteiger partial charge in [0, 0.05) is 18.3 Å². The van der Waals surface area contributed by atoms with Crippen molar-refractivity contribution < 1.29 is 14.6 Å². The number of ether oxygens (including phenoxy) is 1. The second kappa shape index (κ2) is 4.44. The lowest BCUT2D eigenvalue weighted by atomic mass is 9.93. The zero-order valence-electron chi connectivity index (χ0n) is 10.9. The van der Waals surface area contributed by atoms with E-state index in [4.69, 9.17) is 4.74 Å². The summed E-state index contributed by atoms with van der Waals surface area (Å²) in [5.74, 6) is -0.0206. The Morgan fingerprint density at radius 3 is 2.61 bits per heavy atom. The highest BCUT2D eigenvalue weighted by atomic mass is 16.5. The Hall–Kier alpha value is -1.84. The van der Waals surface area contributed by atoms with E-state index in [0.717, 1.165) is 24.1 Å². The zero-order valence-corrected chi connectivity index (χ0v) is 10.9. The molecule has 1 aliphatic rings. The smallest absolute Gasteiger partial charge is 0.316 e. The van der Waals surface area contributed by atoms with Gasteiger partial charge in [0.25, 0.3) is 0 Å². The number of phenolic OH excluding ortho intramolecular Hbond substituents is 1. The highest BCUT2D eigenvalue weighted by Gasteiger charge is 2.52. The highest BCUT2D eigenvalue weighted by molar-refractivity contribution is 6.01. The summed E-state index contributed by atoms with van der Waals surface area (Å²) in [5.41, 5.74) is 1.80. The maximum absolute atomic E-state index is 11.8. The van der Waals surface area contributed by atoms with Crippen LogP contribution in [0, 0.1) is 0 Å². The molecule has 1 aliphatic carbocycles. The van der Waals surface area contributed by atoms with Crippen molar-refractivity contribution in [2.75, 3.05) is 14.2 Å². The van der Waals surface area contributed by atoms with E-state index in [1.807, 2.05) is 13.0 Å². The van der Waals surface area contributed by atoms with Gasteiger partial charge in [0.05, 0.1) is 12.5 Å². The Kier molecular flexibility index (Phi) is 3.11. The molecule has 0 spiro atoms. The van der Waals surface area contributed by atoms with Gasteiger partial charge in [-0.2, -0.15) is 0 Å². The van der Waals surface area contributed by atoms with Gasteiger partial charge in [-0.25, -0.2) is 0 Å². The summed E-state index contributed by atoms with van der Waals surface area (Å²) in [4.78, 5) is 15.9. The molecule has 1 fully saturated rings. The van der Waals surface area contributed by atoms with Gasteiger partial charge in [-0.15, -0.1) is 0 Å². The van der Waals surface area contributed by atoms with Crippen LogP contribution in [0.15, 0.2) is 23.2 Å². The van der Waals surface area contributed by atoms with Gasteiger partial charge in [0.2, 0.25) is 0 Å². The van der Waals surface area contributed by atoms with Crippen LogP contribution >= 0.6 is 0 Å². The average molecular weight is 247 g/mol. The van der Waals surface area contributed by atoms with Crippen molar-refractivity contribution in [3.8, 4) is 5.75 Å². The topological polar surface area (TPSA) is 58.9 Å². The molecule has 0 radical (unpaired) electrons. The summed E-state index contributed by atoms with van der Waals surface area (Å²) in [5, 5.41) is 9.82. The quantitative estimate of drug-likeness (QED) is 0.656. The highest BCUT2D eigenvalue weighted by Crippen LogP contribution is 2.49. The van der Waals surface area contributed by atoms with Crippen molar-refractivity contribution in [1.29, 1.82) is 0 Å². The standard InChI is InChI=1S/C14H17NO3/c1-9(15-2)11-8-10(4-5-12(11)16)14(6-7-14)13(17)18-3/h4-5,8,16H,6-7H2,1-3H3. The van der Waals surface area contributed by atoms with E-state index in [1.54, 1.807) is 19.2 Å². The lowest BCUT2D eigenvalue weighted by molar-refractivity contribution is -0.143. The van der Waals surface area contributed by atoms with Gasteiger partial charge in [-0.05, 0) is 37.5 Å². The number of carbonyl (C=O) groups excluding carboxylic acids is 1. The van der Waals surface area contributed by atoms with Crippen molar-refractivity contribution >= 4 is 11.7 Å². The first-order valence-corrected chi connectivity index (χ1v) is 5.91. The molecule has 0 bridgehead atoms. The van der Waals surface area contributed by atoms with Crippen molar-refractivity contribution in [2.45, 2.75) is 25.2 Å². The molecule has 1 saturated carbocycles. The minimum atomic E-state index is -0.509. The summed E-state index contributed by atoms with van der Waals surface area (Å²) in [6.45, 7) is 1.83. The number of benzene rings is 1. The Morgan fingerprint density at radius 2 is 2.11 bits per heavy atom.